The number of carbonyl (C=O) groups is 2. The zero-order valence-electron chi connectivity index (χ0n) is 16.8. The first kappa shape index (κ1) is 21.9. The predicted octanol–water partition coefficient (Wildman–Crippen LogP) is 6.41. The van der Waals surface area contributed by atoms with E-state index in [0.29, 0.717) is 28.4 Å². The highest BCUT2D eigenvalue weighted by Gasteiger charge is 2.18. The first-order valence-corrected chi connectivity index (χ1v) is 10.9. The SMILES string of the molecule is CCC(Sc1cccc(NC(=O)c2cccc(C)c2)c1)C(=O)Nc1cccc(Cl)c1. The molecule has 0 saturated heterocycles. The first-order chi connectivity index (χ1) is 14.4. The van der Waals surface area contributed by atoms with Gasteiger partial charge < -0.3 is 10.6 Å². The lowest BCUT2D eigenvalue weighted by molar-refractivity contribution is -0.115. The van der Waals surface area contributed by atoms with Crippen LogP contribution < -0.4 is 10.6 Å². The third-order valence-electron chi connectivity index (χ3n) is 4.41. The molecule has 0 radical (unpaired) electrons. The Morgan fingerprint density at radius 2 is 1.63 bits per heavy atom. The molecule has 1 atom stereocenters. The molecule has 0 aliphatic rings. The Morgan fingerprint density at radius 3 is 2.33 bits per heavy atom. The molecule has 3 rings (SSSR count). The maximum absolute atomic E-state index is 12.7. The van der Waals surface area contributed by atoms with Gasteiger partial charge in [-0.15, -0.1) is 11.8 Å². The molecule has 3 aromatic carbocycles. The molecule has 4 nitrogen and oxygen atoms in total. The van der Waals surface area contributed by atoms with Gasteiger partial charge >= 0.3 is 0 Å². The molecule has 0 aromatic heterocycles. The summed E-state index contributed by atoms with van der Waals surface area (Å²) >= 11 is 7.46. The summed E-state index contributed by atoms with van der Waals surface area (Å²) in [6.45, 7) is 3.92. The van der Waals surface area contributed by atoms with Crippen molar-refractivity contribution in [2.75, 3.05) is 10.6 Å². The molecule has 30 heavy (non-hydrogen) atoms. The Balaban J connectivity index is 1.67. The van der Waals surface area contributed by atoms with Crippen LogP contribution in [0.4, 0.5) is 11.4 Å². The van der Waals surface area contributed by atoms with Crippen molar-refractivity contribution in [3.8, 4) is 0 Å². The van der Waals surface area contributed by atoms with E-state index >= 15 is 0 Å². The van der Waals surface area contributed by atoms with Crippen molar-refractivity contribution in [3.05, 3.63) is 88.9 Å². The maximum atomic E-state index is 12.7. The minimum absolute atomic E-state index is 0.0843. The number of rotatable bonds is 7. The van der Waals surface area contributed by atoms with Gasteiger partial charge in [-0.25, -0.2) is 0 Å². The number of amides is 2. The normalized spacial score (nSPS) is 11.6. The number of anilines is 2. The molecule has 3 aromatic rings. The molecule has 2 amide bonds. The van der Waals surface area contributed by atoms with Gasteiger partial charge in [0, 0.05) is 26.9 Å². The van der Waals surface area contributed by atoms with Crippen LogP contribution in [0.1, 0.15) is 29.3 Å². The van der Waals surface area contributed by atoms with E-state index < -0.39 is 0 Å². The molecular weight excluding hydrogens is 416 g/mol. The van der Waals surface area contributed by atoms with Crippen molar-refractivity contribution in [1.82, 2.24) is 0 Å². The van der Waals surface area contributed by atoms with Crippen molar-refractivity contribution < 1.29 is 9.59 Å². The number of halogens is 1. The molecule has 0 saturated carbocycles. The fourth-order valence-electron chi connectivity index (χ4n) is 2.91. The summed E-state index contributed by atoms with van der Waals surface area (Å²) in [6.07, 6.45) is 0.664. The maximum Gasteiger partial charge on any atom is 0.255 e. The second-order valence-corrected chi connectivity index (χ2v) is 8.58. The molecule has 2 N–H and O–H groups in total. The van der Waals surface area contributed by atoms with Crippen molar-refractivity contribution in [1.29, 1.82) is 0 Å². The molecule has 6 heteroatoms. The Kier molecular flexibility index (Phi) is 7.55. The lowest BCUT2D eigenvalue weighted by Crippen LogP contribution is -2.24. The standard InChI is InChI=1S/C24H23ClN2O2S/c1-3-22(24(29)27-19-10-5-9-18(25)14-19)30-21-12-6-11-20(15-21)26-23(28)17-8-4-7-16(2)13-17/h4-15,22H,3H2,1-2H3,(H,26,28)(H,27,29). The third-order valence-corrected chi connectivity index (χ3v) is 6.00. The summed E-state index contributed by atoms with van der Waals surface area (Å²) in [7, 11) is 0. The topological polar surface area (TPSA) is 58.2 Å². The van der Waals surface area contributed by atoms with Gasteiger partial charge in [-0.2, -0.15) is 0 Å². The van der Waals surface area contributed by atoms with Crippen LogP contribution in [0.15, 0.2) is 77.7 Å². The van der Waals surface area contributed by atoms with E-state index in [-0.39, 0.29) is 17.1 Å². The highest BCUT2D eigenvalue weighted by Crippen LogP contribution is 2.29. The van der Waals surface area contributed by atoms with Crippen LogP contribution in [0.5, 0.6) is 0 Å². The number of hydrogen-bond donors (Lipinski definition) is 2. The summed E-state index contributed by atoms with van der Waals surface area (Å²) < 4.78 is 0. The lowest BCUT2D eigenvalue weighted by atomic mass is 10.1. The van der Waals surface area contributed by atoms with Crippen molar-refractivity contribution in [2.24, 2.45) is 0 Å². The molecule has 0 aliphatic heterocycles. The van der Waals surface area contributed by atoms with E-state index in [2.05, 4.69) is 10.6 Å². The van der Waals surface area contributed by atoms with Gasteiger partial charge in [-0.3, -0.25) is 9.59 Å². The molecule has 154 valence electrons. The Labute approximate surface area is 186 Å². The van der Waals surface area contributed by atoms with Crippen molar-refractivity contribution >= 4 is 46.6 Å². The van der Waals surface area contributed by atoms with E-state index in [1.807, 2.05) is 62.4 Å². The summed E-state index contributed by atoms with van der Waals surface area (Å²) in [4.78, 5) is 26.1. The van der Waals surface area contributed by atoms with Crippen LogP contribution in [-0.2, 0) is 4.79 Å². The van der Waals surface area contributed by atoms with Gasteiger partial charge in [0.25, 0.3) is 5.91 Å². The van der Waals surface area contributed by atoms with E-state index in [1.54, 1.807) is 24.3 Å². The zero-order valence-corrected chi connectivity index (χ0v) is 18.4. The lowest BCUT2D eigenvalue weighted by Gasteiger charge is -2.15. The highest BCUT2D eigenvalue weighted by molar-refractivity contribution is 8.00. The smallest absolute Gasteiger partial charge is 0.255 e. The monoisotopic (exact) mass is 438 g/mol. The zero-order chi connectivity index (χ0) is 21.5. The molecule has 1 unspecified atom stereocenters. The molecule has 0 spiro atoms. The Morgan fingerprint density at radius 1 is 0.933 bits per heavy atom. The van der Waals surface area contributed by atoms with E-state index in [9.17, 15) is 9.59 Å². The minimum Gasteiger partial charge on any atom is -0.325 e. The first-order valence-electron chi connectivity index (χ1n) is 9.66. The van der Waals surface area contributed by atoms with Crippen LogP contribution in [0, 0.1) is 6.92 Å². The fraction of sp³-hybridized carbons (Fsp3) is 0.167. The van der Waals surface area contributed by atoms with Crippen LogP contribution in [0.2, 0.25) is 5.02 Å². The second-order valence-electron chi connectivity index (χ2n) is 6.87. The predicted molar refractivity (Wildman–Crippen MR) is 126 cm³/mol. The van der Waals surface area contributed by atoms with Gasteiger partial charge in [0.2, 0.25) is 5.91 Å². The second kappa shape index (κ2) is 10.3. The van der Waals surface area contributed by atoms with Crippen LogP contribution in [0.25, 0.3) is 0 Å². The number of benzene rings is 3. The summed E-state index contributed by atoms with van der Waals surface area (Å²) in [5.74, 6) is -0.245. The summed E-state index contributed by atoms with van der Waals surface area (Å²) in [6, 6.07) is 22.1. The number of hydrogen-bond acceptors (Lipinski definition) is 3. The Bertz CT molecular complexity index is 1050. The molecule has 0 heterocycles. The van der Waals surface area contributed by atoms with Gasteiger partial charge in [0.1, 0.15) is 0 Å². The number of carbonyl (C=O) groups excluding carboxylic acids is 2. The van der Waals surface area contributed by atoms with Crippen molar-refractivity contribution in [2.45, 2.75) is 30.4 Å². The van der Waals surface area contributed by atoms with Crippen molar-refractivity contribution in [3.63, 3.8) is 0 Å². The van der Waals surface area contributed by atoms with Gasteiger partial charge in [0.15, 0.2) is 0 Å². The average molecular weight is 439 g/mol. The van der Waals surface area contributed by atoms with Gasteiger partial charge in [0.05, 0.1) is 5.25 Å². The molecule has 0 aliphatic carbocycles. The van der Waals surface area contributed by atoms with E-state index in [4.69, 9.17) is 11.6 Å². The van der Waals surface area contributed by atoms with Gasteiger partial charge in [-0.1, -0.05) is 48.4 Å². The van der Waals surface area contributed by atoms with E-state index in [0.717, 1.165) is 10.5 Å². The summed E-state index contributed by atoms with van der Waals surface area (Å²) in [5, 5.41) is 6.14. The van der Waals surface area contributed by atoms with Gasteiger partial charge in [-0.05, 0) is 61.9 Å². The Hall–Kier alpha value is -2.76. The quantitative estimate of drug-likeness (QED) is 0.419. The third kappa shape index (κ3) is 6.12. The average Bonchev–Trinajstić information content (AvgIpc) is 2.72. The number of thioether (sulfide) groups is 1. The van der Waals surface area contributed by atoms with Crippen LogP contribution in [0.3, 0.4) is 0 Å². The van der Waals surface area contributed by atoms with Crippen LogP contribution >= 0.6 is 23.4 Å². The molecular formula is C24H23ClN2O2S. The van der Waals surface area contributed by atoms with E-state index in [1.165, 1.54) is 11.8 Å². The largest absolute Gasteiger partial charge is 0.325 e. The fourth-order valence-corrected chi connectivity index (χ4v) is 4.12. The summed E-state index contributed by atoms with van der Waals surface area (Å²) in [5.41, 5.74) is 3.01. The number of nitrogens with one attached hydrogen (secondary N) is 2. The molecule has 0 bridgehead atoms. The van der Waals surface area contributed by atoms with Crippen LogP contribution in [-0.4, -0.2) is 17.1 Å². The molecule has 0 fully saturated rings. The highest BCUT2D eigenvalue weighted by atomic mass is 35.5. The minimum atomic E-state index is -0.272. The number of aryl methyl sites for hydroxylation is 1.